The average Bonchev–Trinajstić information content (AvgIpc) is 2.98. The van der Waals surface area contributed by atoms with Gasteiger partial charge < -0.3 is 5.32 Å². The van der Waals surface area contributed by atoms with E-state index >= 15 is 0 Å². The van der Waals surface area contributed by atoms with Crippen LogP contribution in [0.3, 0.4) is 0 Å². The minimum Gasteiger partial charge on any atom is -0.351 e. The Balaban J connectivity index is 1.98. The molecule has 0 bridgehead atoms. The Morgan fingerprint density at radius 2 is 2.29 bits per heavy atom. The summed E-state index contributed by atoms with van der Waals surface area (Å²) < 4.78 is 3.41. The van der Waals surface area contributed by atoms with Gasteiger partial charge in [0, 0.05) is 25.1 Å². The molecule has 0 aliphatic heterocycles. The van der Waals surface area contributed by atoms with Crippen LogP contribution in [0.2, 0.25) is 0 Å². The number of nitrogens with one attached hydrogen (secondary N) is 1. The van der Waals surface area contributed by atoms with Gasteiger partial charge in [-0.05, 0) is 18.6 Å². The number of hydrogen-bond acceptors (Lipinski definition) is 3. The van der Waals surface area contributed by atoms with Crippen LogP contribution in [0.5, 0.6) is 0 Å². The maximum Gasteiger partial charge on any atom is 0.271 e. The number of rotatable bonds is 5. The van der Waals surface area contributed by atoms with Crippen LogP contribution in [0.1, 0.15) is 23.8 Å². The first-order chi connectivity index (χ1) is 8.29. The zero-order valence-corrected chi connectivity index (χ0v) is 9.71. The van der Waals surface area contributed by atoms with Crippen molar-refractivity contribution in [2.24, 2.45) is 0 Å². The number of hydrogen-bond donors (Lipinski definition) is 1. The number of carbonyl (C=O) groups excluding carboxylic acids is 1. The fourth-order valence-electron chi connectivity index (χ4n) is 1.42. The maximum atomic E-state index is 11.6. The first-order valence-corrected chi connectivity index (χ1v) is 5.58. The van der Waals surface area contributed by atoms with Crippen molar-refractivity contribution in [3.05, 3.63) is 36.4 Å². The monoisotopic (exact) mass is 233 g/mol. The topological polar surface area (TPSA) is 64.7 Å². The summed E-state index contributed by atoms with van der Waals surface area (Å²) in [6, 6.07) is 3.55. The van der Waals surface area contributed by atoms with E-state index in [2.05, 4.69) is 15.5 Å². The van der Waals surface area contributed by atoms with Crippen molar-refractivity contribution in [2.75, 3.05) is 6.54 Å². The van der Waals surface area contributed by atoms with E-state index in [4.69, 9.17) is 0 Å². The smallest absolute Gasteiger partial charge is 0.271 e. The molecule has 0 unspecified atom stereocenters. The Morgan fingerprint density at radius 3 is 3.00 bits per heavy atom. The lowest BCUT2D eigenvalue weighted by molar-refractivity contribution is 0.0947. The van der Waals surface area contributed by atoms with E-state index < -0.39 is 0 Å². The lowest BCUT2D eigenvalue weighted by Crippen LogP contribution is -2.24. The summed E-state index contributed by atoms with van der Waals surface area (Å²) in [7, 11) is 0. The summed E-state index contributed by atoms with van der Waals surface area (Å²) in [5, 5.41) is 11.0. The Labute approximate surface area is 99.2 Å². The third kappa shape index (κ3) is 2.93. The summed E-state index contributed by atoms with van der Waals surface area (Å²) in [5.41, 5.74) is 0.436. The molecule has 0 atom stereocenters. The molecule has 0 aliphatic rings. The van der Waals surface area contributed by atoms with Crippen molar-refractivity contribution in [1.29, 1.82) is 0 Å². The molecule has 0 radical (unpaired) electrons. The van der Waals surface area contributed by atoms with Gasteiger partial charge in [-0.15, -0.1) is 0 Å². The molecule has 0 saturated carbocycles. The molecule has 6 heteroatoms. The minimum absolute atomic E-state index is 0.133. The molecule has 1 amide bonds. The molecule has 17 heavy (non-hydrogen) atoms. The molecule has 0 aliphatic carbocycles. The summed E-state index contributed by atoms with van der Waals surface area (Å²) in [6.45, 7) is 3.19. The van der Waals surface area contributed by atoms with Crippen molar-refractivity contribution < 1.29 is 4.79 Å². The highest BCUT2D eigenvalue weighted by Gasteiger charge is 2.08. The molecule has 0 aromatic carbocycles. The lowest BCUT2D eigenvalue weighted by atomic mass is 10.4. The molecular weight excluding hydrogens is 218 g/mol. The van der Waals surface area contributed by atoms with Crippen LogP contribution < -0.4 is 5.32 Å². The first kappa shape index (κ1) is 11.4. The second-order valence-electron chi connectivity index (χ2n) is 3.68. The highest BCUT2D eigenvalue weighted by Crippen LogP contribution is 1.96. The van der Waals surface area contributed by atoms with E-state index in [1.165, 1.54) is 0 Å². The number of carbonyl (C=O) groups is 1. The molecule has 0 fully saturated rings. The van der Waals surface area contributed by atoms with Crippen LogP contribution in [0.15, 0.2) is 30.7 Å². The fourth-order valence-corrected chi connectivity index (χ4v) is 1.42. The molecule has 2 aromatic rings. The van der Waals surface area contributed by atoms with Crippen LogP contribution in [0.4, 0.5) is 0 Å². The van der Waals surface area contributed by atoms with E-state index in [0.717, 1.165) is 6.42 Å². The van der Waals surface area contributed by atoms with Gasteiger partial charge in [-0.1, -0.05) is 6.92 Å². The van der Waals surface area contributed by atoms with Gasteiger partial charge in [-0.3, -0.25) is 14.2 Å². The maximum absolute atomic E-state index is 11.6. The summed E-state index contributed by atoms with van der Waals surface area (Å²) in [5.74, 6) is -0.133. The SMILES string of the molecule is CCCNC(=O)c1ccn(Cn2cccn2)n1. The Bertz CT molecular complexity index is 474. The van der Waals surface area contributed by atoms with E-state index in [1.54, 1.807) is 27.8 Å². The largest absolute Gasteiger partial charge is 0.351 e. The molecule has 90 valence electrons. The van der Waals surface area contributed by atoms with Crippen molar-refractivity contribution in [2.45, 2.75) is 20.0 Å². The molecule has 1 N–H and O–H groups in total. The molecule has 0 saturated heterocycles. The Morgan fingerprint density at radius 1 is 1.41 bits per heavy atom. The van der Waals surface area contributed by atoms with Crippen molar-refractivity contribution in [3.63, 3.8) is 0 Å². The summed E-state index contributed by atoms with van der Waals surface area (Å²) in [6.07, 6.45) is 6.24. The first-order valence-electron chi connectivity index (χ1n) is 5.58. The third-order valence-corrected chi connectivity index (χ3v) is 2.26. The van der Waals surface area contributed by atoms with Gasteiger partial charge in [0.1, 0.15) is 12.4 Å². The number of amides is 1. The summed E-state index contributed by atoms with van der Waals surface area (Å²) in [4.78, 5) is 11.6. The van der Waals surface area contributed by atoms with Crippen LogP contribution in [0.25, 0.3) is 0 Å². The highest BCUT2D eigenvalue weighted by molar-refractivity contribution is 5.92. The van der Waals surface area contributed by atoms with E-state index in [-0.39, 0.29) is 5.91 Å². The average molecular weight is 233 g/mol. The van der Waals surface area contributed by atoms with Gasteiger partial charge in [0.05, 0.1) is 0 Å². The predicted octanol–water partition coefficient (Wildman–Crippen LogP) is 0.725. The Hall–Kier alpha value is -2.11. The predicted molar refractivity (Wildman–Crippen MR) is 62.5 cm³/mol. The third-order valence-electron chi connectivity index (χ3n) is 2.26. The molecule has 2 rings (SSSR count). The van der Waals surface area contributed by atoms with Crippen LogP contribution in [0, 0.1) is 0 Å². The van der Waals surface area contributed by atoms with Gasteiger partial charge >= 0.3 is 0 Å². The number of aromatic nitrogens is 4. The molecule has 0 spiro atoms. The zero-order valence-electron chi connectivity index (χ0n) is 9.71. The van der Waals surface area contributed by atoms with Crippen LogP contribution in [-0.2, 0) is 6.67 Å². The van der Waals surface area contributed by atoms with Gasteiger partial charge in [-0.2, -0.15) is 10.2 Å². The second kappa shape index (κ2) is 5.29. The van der Waals surface area contributed by atoms with Gasteiger partial charge in [0.25, 0.3) is 5.91 Å². The zero-order chi connectivity index (χ0) is 12.1. The quantitative estimate of drug-likeness (QED) is 0.827. The minimum atomic E-state index is -0.133. The standard InChI is InChI=1S/C11H15N5O/c1-2-5-12-11(17)10-4-8-16(14-10)9-15-7-3-6-13-15/h3-4,6-8H,2,5,9H2,1H3,(H,12,17). The molecular formula is C11H15N5O. The summed E-state index contributed by atoms with van der Waals surface area (Å²) >= 11 is 0. The van der Waals surface area contributed by atoms with Crippen LogP contribution in [-0.4, -0.2) is 32.0 Å². The highest BCUT2D eigenvalue weighted by atomic mass is 16.1. The molecule has 6 nitrogen and oxygen atoms in total. The second-order valence-corrected chi connectivity index (χ2v) is 3.68. The lowest BCUT2D eigenvalue weighted by Gasteiger charge is -2.01. The Kier molecular flexibility index (Phi) is 3.54. The van der Waals surface area contributed by atoms with Crippen molar-refractivity contribution >= 4 is 5.91 Å². The van der Waals surface area contributed by atoms with E-state index in [0.29, 0.717) is 18.9 Å². The van der Waals surface area contributed by atoms with Gasteiger partial charge in [0.2, 0.25) is 0 Å². The number of nitrogens with zero attached hydrogens (tertiary/aromatic N) is 4. The van der Waals surface area contributed by atoms with Crippen molar-refractivity contribution in [1.82, 2.24) is 24.9 Å². The van der Waals surface area contributed by atoms with Gasteiger partial charge in [0.15, 0.2) is 0 Å². The normalized spacial score (nSPS) is 10.4. The van der Waals surface area contributed by atoms with Crippen molar-refractivity contribution in [3.8, 4) is 0 Å². The van der Waals surface area contributed by atoms with E-state index in [1.807, 2.05) is 19.2 Å². The van der Waals surface area contributed by atoms with Gasteiger partial charge in [-0.25, -0.2) is 0 Å². The van der Waals surface area contributed by atoms with Crippen LogP contribution >= 0.6 is 0 Å². The fraction of sp³-hybridized carbons (Fsp3) is 0.364. The van der Waals surface area contributed by atoms with E-state index in [9.17, 15) is 4.79 Å². The molecule has 2 heterocycles. The molecule has 2 aromatic heterocycles.